The Morgan fingerprint density at radius 2 is 2.03 bits per heavy atom. The van der Waals surface area contributed by atoms with Gasteiger partial charge in [-0.05, 0) is 44.5 Å². The third-order valence-electron chi connectivity index (χ3n) is 4.80. The van der Waals surface area contributed by atoms with Crippen molar-refractivity contribution < 1.29 is 26.6 Å². The summed E-state index contributed by atoms with van der Waals surface area (Å²) in [6.07, 6.45) is -3.19. The molecule has 1 unspecified atom stereocenters. The van der Waals surface area contributed by atoms with E-state index in [1.165, 1.54) is 38.2 Å². The first kappa shape index (κ1) is 21.9. The van der Waals surface area contributed by atoms with Gasteiger partial charge in [-0.1, -0.05) is 0 Å². The number of carbonyl (C=O) groups excluding carboxylic acids is 1. The number of ketones is 1. The summed E-state index contributed by atoms with van der Waals surface area (Å²) < 4.78 is 54.6. The molecule has 168 valence electrons. The van der Waals surface area contributed by atoms with Gasteiger partial charge in [0.15, 0.2) is 0 Å². The zero-order valence-electron chi connectivity index (χ0n) is 16.6. The number of piperazine rings is 1. The van der Waals surface area contributed by atoms with Gasteiger partial charge in [-0.3, -0.25) is 4.79 Å². The highest BCUT2D eigenvalue weighted by Crippen LogP contribution is 2.34. The Bertz CT molecular complexity index is 941. The molecule has 1 aliphatic rings. The fourth-order valence-electron chi connectivity index (χ4n) is 3.52. The van der Waals surface area contributed by atoms with Crippen LogP contribution in [0.25, 0.3) is 0 Å². The molecule has 3 N–H and O–H groups in total. The summed E-state index contributed by atoms with van der Waals surface area (Å²) in [4.78, 5) is 22.4. The minimum Gasteiger partial charge on any atom is -0.383 e. The molecule has 0 aliphatic carbocycles. The fourth-order valence-corrected chi connectivity index (χ4v) is 3.52. The van der Waals surface area contributed by atoms with Crippen molar-refractivity contribution in [3.8, 4) is 0 Å². The van der Waals surface area contributed by atoms with Crippen LogP contribution in [0.3, 0.4) is 0 Å². The Balaban J connectivity index is 0.00000341. The molecule has 0 bridgehead atoms. The SMILES string of the molecule is CC(C)(F)CC1CN(c2ccc(C(F)(F)F)c(C(=O)c3cccnc3N)n2)CCN1.[HH].[HH].[HH]. The molecule has 30 heavy (non-hydrogen) atoms. The minimum absolute atomic E-state index is 0. The molecule has 1 fully saturated rings. The normalized spacial score (nSPS) is 17.8. The van der Waals surface area contributed by atoms with E-state index in [1.54, 1.807) is 4.90 Å². The van der Waals surface area contributed by atoms with E-state index >= 15 is 0 Å². The van der Waals surface area contributed by atoms with Crippen LogP contribution < -0.4 is 16.0 Å². The molecule has 6 nitrogen and oxygen atoms in total. The van der Waals surface area contributed by atoms with E-state index in [0.717, 1.165) is 6.07 Å². The van der Waals surface area contributed by atoms with Gasteiger partial charge in [-0.2, -0.15) is 13.2 Å². The molecule has 3 heterocycles. The van der Waals surface area contributed by atoms with Crippen molar-refractivity contribution in [2.75, 3.05) is 30.3 Å². The van der Waals surface area contributed by atoms with Crippen LogP contribution in [0.5, 0.6) is 0 Å². The van der Waals surface area contributed by atoms with E-state index in [-0.39, 0.29) is 33.9 Å². The Morgan fingerprint density at radius 1 is 1.30 bits per heavy atom. The van der Waals surface area contributed by atoms with Crippen LogP contribution in [0.4, 0.5) is 29.2 Å². The van der Waals surface area contributed by atoms with Crippen molar-refractivity contribution in [1.82, 2.24) is 15.3 Å². The summed E-state index contributed by atoms with van der Waals surface area (Å²) in [6, 6.07) is 4.60. The average Bonchev–Trinajstić information content (AvgIpc) is 2.65. The summed E-state index contributed by atoms with van der Waals surface area (Å²) in [6.45, 7) is 4.28. The van der Waals surface area contributed by atoms with Crippen LogP contribution in [-0.4, -0.2) is 47.1 Å². The van der Waals surface area contributed by atoms with Crippen molar-refractivity contribution >= 4 is 17.4 Å². The van der Waals surface area contributed by atoms with E-state index in [0.29, 0.717) is 19.6 Å². The molecular formula is C20H29F4N5O. The largest absolute Gasteiger partial charge is 0.418 e. The highest BCUT2D eigenvalue weighted by molar-refractivity contribution is 6.11. The maximum absolute atomic E-state index is 14.0. The van der Waals surface area contributed by atoms with Crippen LogP contribution in [0.2, 0.25) is 0 Å². The quantitative estimate of drug-likeness (QED) is 0.551. The molecule has 10 heteroatoms. The minimum atomic E-state index is -4.77. The number of rotatable bonds is 5. The van der Waals surface area contributed by atoms with Gasteiger partial charge in [-0.25, -0.2) is 14.4 Å². The van der Waals surface area contributed by atoms with Crippen LogP contribution in [0, 0.1) is 0 Å². The third kappa shape index (κ3) is 5.05. The maximum atomic E-state index is 14.0. The second-order valence-electron chi connectivity index (χ2n) is 7.85. The molecule has 0 saturated carbocycles. The maximum Gasteiger partial charge on any atom is 0.418 e. The smallest absolute Gasteiger partial charge is 0.383 e. The zero-order chi connectivity index (χ0) is 22.1. The fraction of sp³-hybridized carbons (Fsp3) is 0.450. The highest BCUT2D eigenvalue weighted by Gasteiger charge is 2.37. The number of carbonyl (C=O) groups is 1. The number of halogens is 4. The molecule has 0 spiro atoms. The zero-order valence-corrected chi connectivity index (χ0v) is 16.6. The van der Waals surface area contributed by atoms with Gasteiger partial charge in [0.1, 0.15) is 23.0 Å². The Kier molecular flexibility index (Phi) is 5.98. The van der Waals surface area contributed by atoms with Gasteiger partial charge < -0.3 is 16.0 Å². The number of alkyl halides is 4. The van der Waals surface area contributed by atoms with Crippen molar-refractivity contribution in [3.05, 3.63) is 47.3 Å². The van der Waals surface area contributed by atoms with Crippen LogP contribution in [0.1, 0.15) is 46.2 Å². The second-order valence-corrected chi connectivity index (χ2v) is 7.85. The number of anilines is 2. The summed E-state index contributed by atoms with van der Waals surface area (Å²) in [7, 11) is 0. The lowest BCUT2D eigenvalue weighted by atomic mass is 9.99. The lowest BCUT2D eigenvalue weighted by molar-refractivity contribution is -0.138. The van der Waals surface area contributed by atoms with E-state index in [2.05, 4.69) is 15.3 Å². The molecule has 1 aliphatic heterocycles. The topological polar surface area (TPSA) is 84.1 Å². The number of pyridine rings is 2. The summed E-state index contributed by atoms with van der Waals surface area (Å²) in [5, 5.41) is 3.20. The standard InChI is InChI=1S/C20H23F4N5O.3H2/c1-19(2,21)10-12-11-29(9-8-26-12)15-6-5-14(20(22,23)24)16(28-15)17(30)13-4-3-7-27-18(13)25;;;/h3-7,12,26H,8-11H2,1-2H3,(H2,25,27);3*1H. The Morgan fingerprint density at radius 3 is 2.67 bits per heavy atom. The molecule has 0 radical (unpaired) electrons. The first-order valence-electron chi connectivity index (χ1n) is 9.46. The van der Waals surface area contributed by atoms with Crippen LogP contribution in [0.15, 0.2) is 30.5 Å². The van der Waals surface area contributed by atoms with Crippen LogP contribution >= 0.6 is 0 Å². The average molecular weight is 431 g/mol. The lowest BCUT2D eigenvalue weighted by Gasteiger charge is -2.36. The Hall–Kier alpha value is -2.75. The number of nitrogens with one attached hydrogen (secondary N) is 1. The van der Waals surface area contributed by atoms with Crippen molar-refractivity contribution in [2.45, 2.75) is 38.2 Å². The van der Waals surface area contributed by atoms with Crippen molar-refractivity contribution in [3.63, 3.8) is 0 Å². The summed E-state index contributed by atoms with van der Waals surface area (Å²) in [5.74, 6) is -0.904. The molecule has 2 aromatic rings. The number of aromatic nitrogens is 2. The van der Waals surface area contributed by atoms with E-state index in [4.69, 9.17) is 5.73 Å². The van der Waals surface area contributed by atoms with Gasteiger partial charge in [0, 0.05) is 36.2 Å². The van der Waals surface area contributed by atoms with Gasteiger partial charge in [-0.15, -0.1) is 0 Å². The predicted molar refractivity (Wildman–Crippen MR) is 111 cm³/mol. The van der Waals surface area contributed by atoms with Gasteiger partial charge in [0.2, 0.25) is 5.78 Å². The molecule has 0 amide bonds. The molecule has 3 rings (SSSR count). The van der Waals surface area contributed by atoms with E-state index in [9.17, 15) is 22.4 Å². The molecule has 2 aromatic heterocycles. The number of hydrogen-bond acceptors (Lipinski definition) is 6. The van der Waals surface area contributed by atoms with Crippen LogP contribution in [-0.2, 0) is 6.18 Å². The number of nitrogens with zero attached hydrogens (tertiary/aromatic N) is 3. The third-order valence-corrected chi connectivity index (χ3v) is 4.80. The highest BCUT2D eigenvalue weighted by atomic mass is 19.4. The predicted octanol–water partition coefficient (Wildman–Crippen LogP) is 3.96. The molecule has 1 saturated heterocycles. The molecular weight excluding hydrogens is 402 g/mol. The summed E-state index contributed by atoms with van der Waals surface area (Å²) >= 11 is 0. The summed E-state index contributed by atoms with van der Waals surface area (Å²) in [5.41, 5.74) is 2.26. The number of nitrogen functional groups attached to an aromatic ring is 1. The molecule has 0 aromatic carbocycles. The Labute approximate surface area is 175 Å². The van der Waals surface area contributed by atoms with E-state index in [1.807, 2.05) is 0 Å². The first-order valence-corrected chi connectivity index (χ1v) is 9.46. The van der Waals surface area contributed by atoms with Gasteiger partial charge in [0.25, 0.3) is 0 Å². The van der Waals surface area contributed by atoms with Gasteiger partial charge in [0.05, 0.1) is 11.1 Å². The first-order chi connectivity index (χ1) is 14.0. The van der Waals surface area contributed by atoms with Gasteiger partial charge >= 0.3 is 6.18 Å². The monoisotopic (exact) mass is 431 g/mol. The van der Waals surface area contributed by atoms with Crippen molar-refractivity contribution in [1.29, 1.82) is 0 Å². The molecule has 1 atom stereocenters. The number of hydrogen-bond donors (Lipinski definition) is 2. The van der Waals surface area contributed by atoms with E-state index < -0.39 is 28.9 Å². The number of nitrogens with two attached hydrogens (primary N) is 1. The van der Waals surface area contributed by atoms with Crippen molar-refractivity contribution in [2.24, 2.45) is 0 Å². The second kappa shape index (κ2) is 8.17. The lowest BCUT2D eigenvalue weighted by Crippen LogP contribution is -2.52.